The predicted molar refractivity (Wildman–Crippen MR) is 80.3 cm³/mol. The second-order valence-corrected chi connectivity index (χ2v) is 4.94. The van der Waals surface area contributed by atoms with E-state index >= 15 is 0 Å². The molecule has 0 aromatic rings. The fourth-order valence-electron chi connectivity index (χ4n) is 2.24. The lowest BCUT2D eigenvalue weighted by atomic mass is 9.97. The van der Waals surface area contributed by atoms with E-state index in [0.717, 1.165) is 12.0 Å². The molecule has 0 fully saturated rings. The van der Waals surface area contributed by atoms with Crippen molar-refractivity contribution in [2.75, 3.05) is 13.6 Å². The number of allylic oxidation sites excluding steroid dienone is 5. The van der Waals surface area contributed by atoms with Crippen LogP contribution in [0.1, 0.15) is 45.4 Å². The Bertz CT molecular complexity index is 348. The number of nitrogens with one attached hydrogen (secondary N) is 2. The first kappa shape index (κ1) is 14.9. The Morgan fingerprint density at radius 1 is 1.22 bits per heavy atom. The summed E-state index contributed by atoms with van der Waals surface area (Å²) in [5.74, 6) is 0. The van der Waals surface area contributed by atoms with Crippen molar-refractivity contribution in [1.82, 2.24) is 5.32 Å². The maximum absolute atomic E-state index is 8.11. The van der Waals surface area contributed by atoms with Crippen LogP contribution in [0.4, 0.5) is 0 Å². The van der Waals surface area contributed by atoms with Crippen LogP contribution in [0.15, 0.2) is 35.5 Å². The molecular weight excluding hydrogens is 220 g/mol. The summed E-state index contributed by atoms with van der Waals surface area (Å²) in [7, 11) is 1.89. The van der Waals surface area contributed by atoms with Gasteiger partial charge in [-0.15, -0.1) is 0 Å². The molecular formula is C16H26N2. The molecule has 1 rings (SSSR count). The van der Waals surface area contributed by atoms with Gasteiger partial charge >= 0.3 is 0 Å². The highest BCUT2D eigenvalue weighted by Crippen LogP contribution is 2.17. The molecule has 2 N–H and O–H groups in total. The van der Waals surface area contributed by atoms with Crippen LogP contribution in [0, 0.1) is 5.41 Å². The third kappa shape index (κ3) is 5.46. The Labute approximate surface area is 111 Å². The van der Waals surface area contributed by atoms with Crippen LogP contribution in [-0.2, 0) is 0 Å². The molecule has 2 nitrogen and oxygen atoms in total. The Kier molecular flexibility index (Phi) is 7.35. The number of rotatable bonds is 3. The molecule has 1 aliphatic carbocycles. The minimum absolute atomic E-state index is 0.640. The first-order valence-corrected chi connectivity index (χ1v) is 7.01. The van der Waals surface area contributed by atoms with Gasteiger partial charge in [0.2, 0.25) is 0 Å². The minimum atomic E-state index is 0.640. The van der Waals surface area contributed by atoms with Crippen LogP contribution >= 0.6 is 0 Å². The molecule has 0 bridgehead atoms. The lowest BCUT2D eigenvalue weighted by Crippen LogP contribution is -2.19. The quantitative estimate of drug-likeness (QED) is 0.725. The van der Waals surface area contributed by atoms with Gasteiger partial charge in [0.1, 0.15) is 0 Å². The second kappa shape index (κ2) is 8.87. The van der Waals surface area contributed by atoms with Crippen LogP contribution in [-0.4, -0.2) is 19.3 Å². The van der Waals surface area contributed by atoms with Crippen molar-refractivity contribution >= 4 is 5.71 Å². The highest BCUT2D eigenvalue weighted by Gasteiger charge is 2.05. The normalized spacial score (nSPS) is 24.1. The van der Waals surface area contributed by atoms with Gasteiger partial charge in [-0.3, -0.25) is 0 Å². The van der Waals surface area contributed by atoms with E-state index < -0.39 is 0 Å². The first-order valence-electron chi connectivity index (χ1n) is 7.01. The van der Waals surface area contributed by atoms with E-state index in [1.54, 1.807) is 0 Å². The highest BCUT2D eigenvalue weighted by atomic mass is 14.8. The minimum Gasteiger partial charge on any atom is -0.314 e. The zero-order chi connectivity index (χ0) is 13.2. The SMILES string of the molecule is CNCC(=N)C1=C(/C)CCCCCCC=C/C=C\1. The summed E-state index contributed by atoms with van der Waals surface area (Å²) in [6, 6.07) is 0. The van der Waals surface area contributed by atoms with Crippen molar-refractivity contribution in [2.45, 2.75) is 45.4 Å². The molecule has 2 heteroatoms. The molecule has 18 heavy (non-hydrogen) atoms. The molecule has 100 valence electrons. The average molecular weight is 246 g/mol. The van der Waals surface area contributed by atoms with E-state index in [4.69, 9.17) is 5.41 Å². The standard InChI is InChI=1S/C16H26N2/c1-14-11-9-7-5-3-4-6-8-10-12-15(14)16(17)13-18-2/h6,8,10,12,17-18H,3-5,7,9,11,13H2,1-2H3/b8-6?,12-10-,15-14-,17-16?. The lowest BCUT2D eigenvalue weighted by Gasteiger charge is -2.11. The van der Waals surface area contributed by atoms with E-state index in [1.165, 1.54) is 37.7 Å². The van der Waals surface area contributed by atoms with Crippen LogP contribution in [0.25, 0.3) is 0 Å². The summed E-state index contributed by atoms with van der Waals surface area (Å²) >= 11 is 0. The molecule has 1 aliphatic rings. The van der Waals surface area contributed by atoms with Gasteiger partial charge in [-0.1, -0.05) is 42.7 Å². The summed E-state index contributed by atoms with van der Waals surface area (Å²) in [5, 5.41) is 11.2. The van der Waals surface area contributed by atoms with Crippen molar-refractivity contribution in [2.24, 2.45) is 0 Å². The summed E-state index contributed by atoms with van der Waals surface area (Å²) in [6.45, 7) is 2.81. The summed E-state index contributed by atoms with van der Waals surface area (Å²) < 4.78 is 0. The summed E-state index contributed by atoms with van der Waals surface area (Å²) in [4.78, 5) is 0. The second-order valence-electron chi connectivity index (χ2n) is 4.94. The van der Waals surface area contributed by atoms with Crippen molar-refractivity contribution in [3.63, 3.8) is 0 Å². The lowest BCUT2D eigenvalue weighted by molar-refractivity contribution is 0.643. The third-order valence-corrected chi connectivity index (χ3v) is 3.32. The Hall–Kier alpha value is -1.15. The molecule has 0 aromatic heterocycles. The molecule has 0 spiro atoms. The summed E-state index contributed by atoms with van der Waals surface area (Å²) in [5.41, 5.74) is 3.15. The van der Waals surface area contributed by atoms with Crippen LogP contribution < -0.4 is 5.32 Å². The molecule has 0 radical (unpaired) electrons. The van der Waals surface area contributed by atoms with Gasteiger partial charge in [-0.25, -0.2) is 0 Å². The highest BCUT2D eigenvalue weighted by molar-refractivity contribution is 6.02. The van der Waals surface area contributed by atoms with E-state index in [1.807, 2.05) is 7.05 Å². The molecule has 0 atom stereocenters. The van der Waals surface area contributed by atoms with Crippen LogP contribution in [0.3, 0.4) is 0 Å². The van der Waals surface area contributed by atoms with Gasteiger partial charge in [0, 0.05) is 6.54 Å². The maximum Gasteiger partial charge on any atom is 0.0523 e. The molecule has 0 aromatic carbocycles. The largest absolute Gasteiger partial charge is 0.314 e. The summed E-state index contributed by atoms with van der Waals surface area (Å²) in [6.07, 6.45) is 16.0. The number of hydrogen-bond acceptors (Lipinski definition) is 2. The molecule has 0 amide bonds. The van der Waals surface area contributed by atoms with Crippen molar-refractivity contribution in [3.8, 4) is 0 Å². The topological polar surface area (TPSA) is 35.9 Å². The third-order valence-electron chi connectivity index (χ3n) is 3.32. The fourth-order valence-corrected chi connectivity index (χ4v) is 2.24. The van der Waals surface area contributed by atoms with Gasteiger partial charge < -0.3 is 10.7 Å². The zero-order valence-corrected chi connectivity index (χ0v) is 11.8. The van der Waals surface area contributed by atoms with Crippen molar-refractivity contribution in [1.29, 1.82) is 5.41 Å². The Morgan fingerprint density at radius 2 is 2.00 bits per heavy atom. The molecule has 0 saturated carbocycles. The van der Waals surface area contributed by atoms with Gasteiger partial charge in [0.15, 0.2) is 0 Å². The predicted octanol–water partition coefficient (Wildman–Crippen LogP) is 4.01. The van der Waals surface area contributed by atoms with Crippen molar-refractivity contribution < 1.29 is 0 Å². The Balaban J connectivity index is 2.84. The van der Waals surface area contributed by atoms with E-state index in [9.17, 15) is 0 Å². The van der Waals surface area contributed by atoms with Gasteiger partial charge in [0.25, 0.3) is 0 Å². The first-order chi connectivity index (χ1) is 8.75. The molecule has 0 aliphatic heterocycles. The van der Waals surface area contributed by atoms with E-state index in [0.29, 0.717) is 12.3 Å². The average Bonchev–Trinajstić information content (AvgIpc) is 2.34. The smallest absolute Gasteiger partial charge is 0.0523 e. The van der Waals surface area contributed by atoms with Crippen molar-refractivity contribution in [3.05, 3.63) is 35.5 Å². The molecule has 0 unspecified atom stereocenters. The molecule has 0 saturated heterocycles. The fraction of sp³-hybridized carbons (Fsp3) is 0.562. The van der Waals surface area contributed by atoms with Crippen LogP contribution in [0.5, 0.6) is 0 Å². The van der Waals surface area contributed by atoms with E-state index in [2.05, 4.69) is 36.5 Å². The van der Waals surface area contributed by atoms with Gasteiger partial charge in [-0.05, 0) is 45.2 Å². The zero-order valence-electron chi connectivity index (χ0n) is 11.8. The van der Waals surface area contributed by atoms with Gasteiger partial charge in [-0.2, -0.15) is 0 Å². The molecule has 0 heterocycles. The van der Waals surface area contributed by atoms with Crippen LogP contribution in [0.2, 0.25) is 0 Å². The van der Waals surface area contributed by atoms with E-state index in [-0.39, 0.29) is 0 Å². The maximum atomic E-state index is 8.11. The monoisotopic (exact) mass is 246 g/mol. The number of hydrogen-bond donors (Lipinski definition) is 2. The van der Waals surface area contributed by atoms with Gasteiger partial charge in [0.05, 0.1) is 5.71 Å². The Morgan fingerprint density at radius 3 is 2.78 bits per heavy atom.